The summed E-state index contributed by atoms with van der Waals surface area (Å²) in [5, 5.41) is 7.78. The quantitative estimate of drug-likeness (QED) is 0.520. The molecule has 0 aliphatic heterocycles. The number of thiophene rings is 1. The Morgan fingerprint density at radius 2 is 1.85 bits per heavy atom. The fraction of sp³-hybridized carbons (Fsp3) is 0.150. The molecule has 0 unspecified atom stereocenters. The number of hydrogen-bond donors (Lipinski definition) is 2. The molecule has 0 saturated heterocycles. The summed E-state index contributed by atoms with van der Waals surface area (Å²) in [5.74, 6) is -1.20. The van der Waals surface area contributed by atoms with Crippen molar-refractivity contribution >= 4 is 38.9 Å². The van der Waals surface area contributed by atoms with Crippen LogP contribution in [0.3, 0.4) is 0 Å². The van der Waals surface area contributed by atoms with Crippen LogP contribution in [0.2, 0.25) is 0 Å². The van der Waals surface area contributed by atoms with Crippen LogP contribution in [0.15, 0.2) is 64.5 Å². The van der Waals surface area contributed by atoms with Crippen molar-refractivity contribution in [3.63, 3.8) is 0 Å². The summed E-state index contributed by atoms with van der Waals surface area (Å²) < 4.78 is 27.8. The average molecular weight is 451 g/mol. The molecule has 0 saturated carbocycles. The summed E-state index contributed by atoms with van der Waals surface area (Å²) in [7, 11) is 0. The number of nitrogens with one attached hydrogen (secondary N) is 2. The third-order valence-corrected chi connectivity index (χ3v) is 5.46. The number of halogens is 3. The third kappa shape index (κ3) is 5.00. The van der Waals surface area contributed by atoms with Gasteiger partial charge in [-0.25, -0.2) is 8.78 Å². The Morgan fingerprint density at radius 3 is 2.48 bits per heavy atom. The first-order valence-corrected chi connectivity index (χ1v) is 9.92. The maximum absolute atomic E-state index is 14.0. The molecule has 27 heavy (non-hydrogen) atoms. The molecule has 3 nitrogen and oxygen atoms in total. The maximum atomic E-state index is 14.0. The van der Waals surface area contributed by atoms with Gasteiger partial charge in [-0.2, -0.15) is 0 Å². The molecule has 0 bridgehead atoms. The van der Waals surface area contributed by atoms with Gasteiger partial charge in [-0.1, -0.05) is 34.1 Å². The molecule has 0 aliphatic rings. The highest BCUT2D eigenvalue weighted by molar-refractivity contribution is 9.10. The lowest BCUT2D eigenvalue weighted by Crippen LogP contribution is -2.40. The smallest absolute Gasteiger partial charge is 0.241 e. The molecule has 2 N–H and O–H groups in total. The van der Waals surface area contributed by atoms with Crippen molar-refractivity contribution in [2.45, 2.75) is 19.0 Å². The van der Waals surface area contributed by atoms with Crippen LogP contribution in [-0.4, -0.2) is 11.9 Å². The topological polar surface area (TPSA) is 41.1 Å². The molecule has 2 aromatic carbocycles. The van der Waals surface area contributed by atoms with Crippen LogP contribution in [0, 0.1) is 11.6 Å². The zero-order valence-electron chi connectivity index (χ0n) is 14.4. The Kier molecular flexibility index (Phi) is 6.36. The van der Waals surface area contributed by atoms with Crippen molar-refractivity contribution < 1.29 is 13.6 Å². The monoisotopic (exact) mass is 450 g/mol. The van der Waals surface area contributed by atoms with Gasteiger partial charge >= 0.3 is 0 Å². The number of anilines is 1. The molecule has 7 heteroatoms. The first kappa shape index (κ1) is 19.7. The van der Waals surface area contributed by atoms with Gasteiger partial charge in [-0.05, 0) is 54.3 Å². The van der Waals surface area contributed by atoms with Gasteiger partial charge in [0.2, 0.25) is 5.91 Å². The molecule has 0 radical (unpaired) electrons. The van der Waals surface area contributed by atoms with E-state index in [-0.39, 0.29) is 23.5 Å². The van der Waals surface area contributed by atoms with Crippen LogP contribution >= 0.6 is 27.3 Å². The minimum Gasteiger partial charge on any atom is -0.322 e. The van der Waals surface area contributed by atoms with Crippen LogP contribution in [0.25, 0.3) is 0 Å². The molecule has 2 atom stereocenters. The largest absolute Gasteiger partial charge is 0.322 e. The Hall–Kier alpha value is -2.09. The van der Waals surface area contributed by atoms with Crippen molar-refractivity contribution in [2.24, 2.45) is 0 Å². The summed E-state index contributed by atoms with van der Waals surface area (Å²) in [6.07, 6.45) is 0. The summed E-state index contributed by atoms with van der Waals surface area (Å²) in [4.78, 5) is 13.5. The molecular formula is C20H17BrF2N2OS. The second-order valence-corrected chi connectivity index (χ2v) is 7.90. The highest BCUT2D eigenvalue weighted by Gasteiger charge is 2.22. The third-order valence-electron chi connectivity index (χ3n) is 4.03. The molecule has 0 aliphatic carbocycles. The molecule has 0 spiro atoms. The standard InChI is InChI=1S/C20H17BrF2N2OS/c1-12(20(26)25-17-9-6-14(21)11-16(17)23)24-19(18-3-2-10-27-18)13-4-7-15(22)8-5-13/h2-12,19,24H,1H3,(H,25,26)/t12-,19+/m1/s1. The summed E-state index contributed by atoms with van der Waals surface area (Å²) in [6, 6.07) is 13.6. The van der Waals surface area contributed by atoms with Crippen LogP contribution in [-0.2, 0) is 4.79 Å². The molecule has 0 fully saturated rings. The molecule has 3 aromatic rings. The lowest BCUT2D eigenvalue weighted by Gasteiger charge is -2.23. The van der Waals surface area contributed by atoms with Crippen LogP contribution < -0.4 is 10.6 Å². The Labute approximate surface area is 168 Å². The maximum Gasteiger partial charge on any atom is 0.241 e. The lowest BCUT2D eigenvalue weighted by atomic mass is 10.0. The number of benzene rings is 2. The highest BCUT2D eigenvalue weighted by Crippen LogP contribution is 2.27. The second kappa shape index (κ2) is 8.73. The predicted molar refractivity (Wildman–Crippen MR) is 108 cm³/mol. The van der Waals surface area contributed by atoms with Crippen LogP contribution in [0.1, 0.15) is 23.4 Å². The van der Waals surface area contributed by atoms with Gasteiger partial charge in [0.15, 0.2) is 0 Å². The van der Waals surface area contributed by atoms with Crippen LogP contribution in [0.4, 0.5) is 14.5 Å². The van der Waals surface area contributed by atoms with E-state index in [0.717, 1.165) is 10.4 Å². The van der Waals surface area contributed by atoms with E-state index in [1.807, 2.05) is 17.5 Å². The molecular weight excluding hydrogens is 434 g/mol. The van der Waals surface area contributed by atoms with E-state index in [1.54, 1.807) is 25.1 Å². The van der Waals surface area contributed by atoms with E-state index < -0.39 is 11.9 Å². The minimum absolute atomic E-state index is 0.117. The normalized spacial score (nSPS) is 13.2. The van der Waals surface area contributed by atoms with E-state index in [0.29, 0.717) is 4.47 Å². The number of hydrogen-bond acceptors (Lipinski definition) is 3. The predicted octanol–water partition coefficient (Wildman–Crippen LogP) is 5.50. The lowest BCUT2D eigenvalue weighted by molar-refractivity contribution is -0.117. The molecule has 3 rings (SSSR count). The summed E-state index contributed by atoms with van der Waals surface area (Å²) in [5.41, 5.74) is 0.958. The van der Waals surface area contributed by atoms with Gasteiger partial charge in [-0.15, -0.1) is 11.3 Å². The van der Waals surface area contributed by atoms with E-state index >= 15 is 0 Å². The number of carbonyl (C=O) groups excluding carboxylic acids is 1. The first-order valence-electron chi connectivity index (χ1n) is 8.25. The minimum atomic E-state index is -0.606. The van der Waals surface area contributed by atoms with E-state index in [4.69, 9.17) is 0 Å². The first-order chi connectivity index (χ1) is 12.9. The van der Waals surface area contributed by atoms with Gasteiger partial charge in [-0.3, -0.25) is 10.1 Å². The van der Waals surface area contributed by atoms with E-state index in [2.05, 4.69) is 26.6 Å². The molecule has 140 valence electrons. The molecule has 1 aromatic heterocycles. The number of carbonyl (C=O) groups is 1. The summed E-state index contributed by atoms with van der Waals surface area (Å²) >= 11 is 4.73. The molecule has 1 amide bonds. The van der Waals surface area contributed by atoms with Gasteiger partial charge < -0.3 is 5.32 Å². The summed E-state index contributed by atoms with van der Waals surface area (Å²) in [6.45, 7) is 1.70. The van der Waals surface area contributed by atoms with Crippen molar-refractivity contribution in [1.82, 2.24) is 5.32 Å². The van der Waals surface area contributed by atoms with Crippen molar-refractivity contribution in [1.29, 1.82) is 0 Å². The van der Waals surface area contributed by atoms with Gasteiger partial charge in [0.05, 0.1) is 17.8 Å². The fourth-order valence-corrected chi connectivity index (χ4v) is 3.76. The van der Waals surface area contributed by atoms with Crippen molar-refractivity contribution in [3.8, 4) is 0 Å². The Morgan fingerprint density at radius 1 is 1.11 bits per heavy atom. The van der Waals surface area contributed by atoms with Crippen LogP contribution in [0.5, 0.6) is 0 Å². The van der Waals surface area contributed by atoms with Crippen molar-refractivity contribution in [2.75, 3.05) is 5.32 Å². The number of amides is 1. The van der Waals surface area contributed by atoms with Gasteiger partial charge in [0.1, 0.15) is 11.6 Å². The Bertz CT molecular complexity index is 916. The highest BCUT2D eigenvalue weighted by atomic mass is 79.9. The van der Waals surface area contributed by atoms with Gasteiger partial charge in [0, 0.05) is 9.35 Å². The second-order valence-electron chi connectivity index (χ2n) is 6.00. The average Bonchev–Trinajstić information content (AvgIpc) is 3.17. The van der Waals surface area contributed by atoms with E-state index in [1.165, 1.54) is 35.6 Å². The zero-order valence-corrected chi connectivity index (χ0v) is 16.8. The van der Waals surface area contributed by atoms with Crippen molar-refractivity contribution in [3.05, 3.63) is 86.5 Å². The molecule has 1 heterocycles. The zero-order chi connectivity index (χ0) is 19.4. The Balaban J connectivity index is 1.76. The fourth-order valence-electron chi connectivity index (χ4n) is 2.61. The van der Waals surface area contributed by atoms with E-state index in [9.17, 15) is 13.6 Å². The number of rotatable bonds is 6. The van der Waals surface area contributed by atoms with Gasteiger partial charge in [0.25, 0.3) is 0 Å². The SMILES string of the molecule is C[C@@H](N[C@@H](c1ccc(F)cc1)c1cccs1)C(=O)Nc1ccc(Br)cc1F.